The van der Waals surface area contributed by atoms with Crippen LogP contribution in [0.4, 0.5) is 20.2 Å². The van der Waals surface area contributed by atoms with Gasteiger partial charge in [0.2, 0.25) is 0 Å². The van der Waals surface area contributed by atoms with Crippen LogP contribution in [0.1, 0.15) is 16.1 Å². The molecule has 27 heavy (non-hydrogen) atoms. The van der Waals surface area contributed by atoms with E-state index in [1.54, 1.807) is 13.2 Å². The number of rotatable bonds is 6. The second-order valence-electron chi connectivity index (χ2n) is 5.68. The van der Waals surface area contributed by atoms with Crippen LogP contribution in [0.5, 0.6) is 5.75 Å². The summed E-state index contributed by atoms with van der Waals surface area (Å²) in [6, 6.07) is 13.7. The molecule has 1 amide bonds. The third-order valence-electron chi connectivity index (χ3n) is 3.84. The fourth-order valence-electron chi connectivity index (χ4n) is 2.46. The molecule has 3 aromatic rings. The van der Waals surface area contributed by atoms with Crippen molar-refractivity contribution in [1.29, 1.82) is 0 Å². The Kier molecular flexibility index (Phi) is 5.61. The lowest BCUT2D eigenvalue weighted by atomic mass is 10.2. The molecular weight excluding hydrogens is 352 g/mol. The van der Waals surface area contributed by atoms with Gasteiger partial charge in [-0.3, -0.25) is 4.79 Å². The third kappa shape index (κ3) is 4.58. The first kappa shape index (κ1) is 18.3. The molecule has 7 heteroatoms. The molecule has 0 aliphatic rings. The molecule has 5 nitrogen and oxygen atoms in total. The van der Waals surface area contributed by atoms with Crippen molar-refractivity contribution in [2.75, 3.05) is 12.4 Å². The molecule has 0 atom stereocenters. The second kappa shape index (κ2) is 8.27. The lowest BCUT2D eigenvalue weighted by molar-refractivity contribution is 0.0945. The maximum atomic E-state index is 13.7. The zero-order chi connectivity index (χ0) is 19.2. The number of hydrogen-bond acceptors (Lipinski definition) is 4. The molecule has 0 bridgehead atoms. The van der Waals surface area contributed by atoms with Gasteiger partial charge < -0.3 is 15.4 Å². The van der Waals surface area contributed by atoms with E-state index in [9.17, 15) is 13.6 Å². The van der Waals surface area contributed by atoms with Crippen molar-refractivity contribution in [3.8, 4) is 5.75 Å². The number of hydrogen-bond donors (Lipinski definition) is 2. The van der Waals surface area contributed by atoms with Crippen molar-refractivity contribution < 1.29 is 18.3 Å². The van der Waals surface area contributed by atoms with Gasteiger partial charge in [0, 0.05) is 18.2 Å². The molecule has 1 heterocycles. The monoisotopic (exact) mass is 369 g/mol. The van der Waals surface area contributed by atoms with Crippen molar-refractivity contribution in [1.82, 2.24) is 10.3 Å². The van der Waals surface area contributed by atoms with Crippen LogP contribution in [0.15, 0.2) is 60.8 Å². The van der Waals surface area contributed by atoms with Crippen LogP contribution in [0.2, 0.25) is 0 Å². The first-order chi connectivity index (χ1) is 13.1. The fourth-order valence-corrected chi connectivity index (χ4v) is 2.46. The molecule has 0 spiro atoms. The Morgan fingerprint density at radius 1 is 1.11 bits per heavy atom. The first-order valence-corrected chi connectivity index (χ1v) is 8.15. The minimum atomic E-state index is -0.714. The number of para-hydroxylation sites is 1. The number of methoxy groups -OCH3 is 1. The average Bonchev–Trinajstić information content (AvgIpc) is 2.69. The zero-order valence-corrected chi connectivity index (χ0v) is 14.5. The molecule has 3 rings (SSSR count). The van der Waals surface area contributed by atoms with Gasteiger partial charge in [-0.1, -0.05) is 18.2 Å². The maximum absolute atomic E-state index is 13.7. The largest absolute Gasteiger partial charge is 0.496 e. The van der Waals surface area contributed by atoms with E-state index in [0.29, 0.717) is 18.0 Å². The molecule has 0 saturated heterocycles. The van der Waals surface area contributed by atoms with E-state index in [1.807, 2.05) is 24.3 Å². The molecular formula is C20H17F2N3O2. The molecule has 0 saturated carbocycles. The summed E-state index contributed by atoms with van der Waals surface area (Å²) in [5.74, 6) is -1.03. The Morgan fingerprint density at radius 2 is 1.93 bits per heavy atom. The quantitative estimate of drug-likeness (QED) is 0.688. The summed E-state index contributed by atoms with van der Waals surface area (Å²) in [5.41, 5.74) is 1.65. The van der Waals surface area contributed by atoms with E-state index in [-0.39, 0.29) is 17.3 Å². The van der Waals surface area contributed by atoms with Crippen molar-refractivity contribution in [3.05, 3.63) is 83.7 Å². The number of benzene rings is 2. The van der Waals surface area contributed by atoms with E-state index < -0.39 is 11.6 Å². The lowest BCUT2D eigenvalue weighted by Crippen LogP contribution is -2.24. The molecule has 2 aromatic carbocycles. The number of nitrogens with zero attached hydrogens (tertiary/aromatic N) is 1. The number of amides is 1. The highest BCUT2D eigenvalue weighted by molar-refractivity contribution is 5.92. The molecule has 2 N–H and O–H groups in total. The number of ether oxygens (including phenoxy) is 1. The highest BCUT2D eigenvalue weighted by Crippen LogP contribution is 2.20. The van der Waals surface area contributed by atoms with Gasteiger partial charge in [0.1, 0.15) is 23.1 Å². The van der Waals surface area contributed by atoms with Gasteiger partial charge in [-0.15, -0.1) is 0 Å². The number of pyridine rings is 1. The van der Waals surface area contributed by atoms with Crippen LogP contribution >= 0.6 is 0 Å². The van der Waals surface area contributed by atoms with Gasteiger partial charge in [-0.25, -0.2) is 13.8 Å². The number of aromatic nitrogens is 1. The maximum Gasteiger partial charge on any atom is 0.270 e. The van der Waals surface area contributed by atoms with E-state index >= 15 is 0 Å². The van der Waals surface area contributed by atoms with Crippen LogP contribution in [0.25, 0.3) is 0 Å². The lowest BCUT2D eigenvalue weighted by Gasteiger charge is -2.10. The standard InChI is InChI=1S/C20H17F2N3O2/c1-27-19-5-3-2-4-13(19)11-24-20(26)18-9-7-15(12-23-18)25-17-8-6-14(21)10-16(17)22/h2-10,12,25H,11H2,1H3,(H,24,26). The summed E-state index contributed by atoms with van der Waals surface area (Å²) in [4.78, 5) is 16.3. The van der Waals surface area contributed by atoms with E-state index in [0.717, 1.165) is 17.7 Å². The molecule has 138 valence electrons. The first-order valence-electron chi connectivity index (χ1n) is 8.15. The smallest absolute Gasteiger partial charge is 0.270 e. The van der Waals surface area contributed by atoms with E-state index in [1.165, 1.54) is 18.3 Å². The third-order valence-corrected chi connectivity index (χ3v) is 3.84. The van der Waals surface area contributed by atoms with Gasteiger partial charge in [0.25, 0.3) is 5.91 Å². The summed E-state index contributed by atoms with van der Waals surface area (Å²) in [6.07, 6.45) is 1.40. The Balaban J connectivity index is 1.63. The van der Waals surface area contributed by atoms with Crippen LogP contribution in [0, 0.1) is 11.6 Å². The topological polar surface area (TPSA) is 63.2 Å². The summed E-state index contributed by atoms with van der Waals surface area (Å²) >= 11 is 0. The molecule has 0 fully saturated rings. The fraction of sp³-hybridized carbons (Fsp3) is 0.100. The minimum Gasteiger partial charge on any atom is -0.496 e. The number of carbonyl (C=O) groups is 1. The predicted octanol–water partition coefficient (Wildman–Crippen LogP) is 4.04. The number of nitrogens with one attached hydrogen (secondary N) is 2. The molecule has 0 aliphatic heterocycles. The number of anilines is 2. The van der Waals surface area contributed by atoms with E-state index in [2.05, 4.69) is 15.6 Å². The highest BCUT2D eigenvalue weighted by Gasteiger charge is 2.10. The molecule has 1 aromatic heterocycles. The van der Waals surface area contributed by atoms with Crippen LogP contribution in [-0.2, 0) is 6.54 Å². The Bertz CT molecular complexity index is 946. The number of halogens is 2. The second-order valence-corrected chi connectivity index (χ2v) is 5.68. The Morgan fingerprint density at radius 3 is 2.63 bits per heavy atom. The molecule has 0 unspecified atom stereocenters. The summed E-state index contributed by atoms with van der Waals surface area (Å²) < 4.78 is 31.9. The molecule has 0 radical (unpaired) electrons. The minimum absolute atomic E-state index is 0.117. The van der Waals surface area contributed by atoms with Gasteiger partial charge in [-0.05, 0) is 30.3 Å². The Hall–Kier alpha value is -3.48. The summed E-state index contributed by atoms with van der Waals surface area (Å²) in [6.45, 7) is 0.297. The zero-order valence-electron chi connectivity index (χ0n) is 14.5. The van der Waals surface area contributed by atoms with Gasteiger partial charge in [0.15, 0.2) is 0 Å². The van der Waals surface area contributed by atoms with Crippen LogP contribution in [-0.4, -0.2) is 18.0 Å². The highest BCUT2D eigenvalue weighted by atomic mass is 19.1. The average molecular weight is 369 g/mol. The molecule has 0 aliphatic carbocycles. The van der Waals surface area contributed by atoms with Crippen molar-refractivity contribution in [3.63, 3.8) is 0 Å². The van der Waals surface area contributed by atoms with Crippen molar-refractivity contribution in [2.24, 2.45) is 0 Å². The van der Waals surface area contributed by atoms with Crippen LogP contribution < -0.4 is 15.4 Å². The van der Waals surface area contributed by atoms with Crippen molar-refractivity contribution in [2.45, 2.75) is 6.54 Å². The Labute approximate surface area is 155 Å². The summed E-state index contributed by atoms with van der Waals surface area (Å²) in [5, 5.41) is 5.56. The predicted molar refractivity (Wildman–Crippen MR) is 98.0 cm³/mol. The number of carbonyl (C=O) groups excluding carboxylic acids is 1. The van der Waals surface area contributed by atoms with E-state index in [4.69, 9.17) is 4.74 Å². The SMILES string of the molecule is COc1ccccc1CNC(=O)c1ccc(Nc2ccc(F)cc2F)cn1. The van der Waals surface area contributed by atoms with Crippen LogP contribution in [0.3, 0.4) is 0 Å². The van der Waals surface area contributed by atoms with Gasteiger partial charge in [-0.2, -0.15) is 0 Å². The summed E-state index contributed by atoms with van der Waals surface area (Å²) in [7, 11) is 1.57. The van der Waals surface area contributed by atoms with Crippen molar-refractivity contribution >= 4 is 17.3 Å². The van der Waals surface area contributed by atoms with Gasteiger partial charge >= 0.3 is 0 Å². The van der Waals surface area contributed by atoms with Gasteiger partial charge in [0.05, 0.1) is 24.7 Å². The normalized spacial score (nSPS) is 10.3.